The van der Waals surface area contributed by atoms with E-state index in [0.717, 1.165) is 0 Å². The molecule has 1 heterocycles. The van der Waals surface area contributed by atoms with Crippen LogP contribution in [0.25, 0.3) is 0 Å². The molecule has 0 aromatic carbocycles. The van der Waals surface area contributed by atoms with Gasteiger partial charge in [0.1, 0.15) is 5.60 Å². The quantitative estimate of drug-likeness (QED) is 0.688. The summed E-state index contributed by atoms with van der Waals surface area (Å²) in [5, 5.41) is 0. The SMILES string of the molecule is CC(C)(C)OC(=O)N1CC(CCF)C1. The van der Waals surface area contributed by atoms with Crippen LogP contribution in [0.1, 0.15) is 27.2 Å². The van der Waals surface area contributed by atoms with Crippen molar-refractivity contribution < 1.29 is 13.9 Å². The second-order valence-electron chi connectivity index (χ2n) is 4.73. The molecule has 0 aromatic rings. The van der Waals surface area contributed by atoms with E-state index >= 15 is 0 Å². The summed E-state index contributed by atoms with van der Waals surface area (Å²) in [4.78, 5) is 13.0. The number of carbonyl (C=O) groups excluding carboxylic acids is 1. The van der Waals surface area contributed by atoms with Gasteiger partial charge in [-0.1, -0.05) is 0 Å². The lowest BCUT2D eigenvalue weighted by molar-refractivity contribution is -0.00294. The maximum atomic E-state index is 11.9. The van der Waals surface area contributed by atoms with E-state index in [1.165, 1.54) is 0 Å². The van der Waals surface area contributed by atoms with Gasteiger partial charge in [0.05, 0.1) is 6.67 Å². The Labute approximate surface area is 84.2 Å². The Bertz CT molecular complexity index is 207. The molecule has 1 aliphatic heterocycles. The number of hydrogen-bond acceptors (Lipinski definition) is 2. The lowest BCUT2D eigenvalue weighted by Gasteiger charge is -2.39. The van der Waals surface area contributed by atoms with E-state index in [0.29, 0.717) is 25.4 Å². The fourth-order valence-electron chi connectivity index (χ4n) is 1.38. The highest BCUT2D eigenvalue weighted by molar-refractivity contribution is 5.69. The summed E-state index contributed by atoms with van der Waals surface area (Å²) in [6, 6.07) is 0. The molecule has 4 heteroatoms. The number of likely N-dealkylation sites (tertiary alicyclic amines) is 1. The molecule has 0 atom stereocenters. The van der Waals surface area contributed by atoms with Crippen LogP contribution in [0.15, 0.2) is 0 Å². The average Bonchev–Trinajstić information content (AvgIpc) is 1.91. The van der Waals surface area contributed by atoms with Crippen molar-refractivity contribution in [1.29, 1.82) is 0 Å². The average molecular weight is 203 g/mol. The lowest BCUT2D eigenvalue weighted by atomic mass is 9.98. The van der Waals surface area contributed by atoms with Crippen LogP contribution in [0.4, 0.5) is 9.18 Å². The Balaban J connectivity index is 2.23. The van der Waals surface area contributed by atoms with Crippen LogP contribution in [-0.2, 0) is 4.74 Å². The zero-order valence-electron chi connectivity index (χ0n) is 9.05. The van der Waals surface area contributed by atoms with Crippen molar-refractivity contribution >= 4 is 6.09 Å². The molecule has 0 N–H and O–H groups in total. The number of carbonyl (C=O) groups is 1. The van der Waals surface area contributed by atoms with Gasteiger partial charge in [0.25, 0.3) is 0 Å². The van der Waals surface area contributed by atoms with E-state index in [4.69, 9.17) is 4.74 Å². The summed E-state index contributed by atoms with van der Waals surface area (Å²) in [6.45, 7) is 6.49. The molecule has 1 saturated heterocycles. The third-order valence-corrected chi connectivity index (χ3v) is 2.13. The topological polar surface area (TPSA) is 29.5 Å². The van der Waals surface area contributed by atoms with E-state index < -0.39 is 5.60 Å². The van der Waals surface area contributed by atoms with Gasteiger partial charge in [-0.3, -0.25) is 4.39 Å². The van der Waals surface area contributed by atoms with Gasteiger partial charge < -0.3 is 9.64 Å². The van der Waals surface area contributed by atoms with Crippen LogP contribution < -0.4 is 0 Å². The second kappa shape index (κ2) is 4.15. The molecule has 3 nitrogen and oxygen atoms in total. The zero-order chi connectivity index (χ0) is 10.8. The number of rotatable bonds is 2. The largest absolute Gasteiger partial charge is 0.444 e. The van der Waals surface area contributed by atoms with Gasteiger partial charge in [-0.25, -0.2) is 4.79 Å². The molecule has 0 aliphatic carbocycles. The maximum Gasteiger partial charge on any atom is 0.410 e. The van der Waals surface area contributed by atoms with Crippen molar-refractivity contribution in [2.75, 3.05) is 19.8 Å². The van der Waals surface area contributed by atoms with Crippen molar-refractivity contribution in [3.05, 3.63) is 0 Å². The predicted octanol–water partition coefficient (Wildman–Crippen LogP) is 2.21. The molecule has 1 fully saturated rings. The molecule has 0 aromatic heterocycles. The van der Waals surface area contributed by atoms with Crippen LogP contribution in [0.2, 0.25) is 0 Å². The Morgan fingerprint density at radius 2 is 2.07 bits per heavy atom. The normalized spacial score (nSPS) is 17.9. The van der Waals surface area contributed by atoms with E-state index in [1.54, 1.807) is 4.90 Å². The number of halogens is 1. The van der Waals surface area contributed by atoms with E-state index in [1.807, 2.05) is 20.8 Å². The fourth-order valence-corrected chi connectivity index (χ4v) is 1.38. The summed E-state index contributed by atoms with van der Waals surface area (Å²) >= 11 is 0. The molecular weight excluding hydrogens is 185 g/mol. The van der Waals surface area contributed by atoms with Gasteiger partial charge in [0.2, 0.25) is 0 Å². The molecule has 1 rings (SSSR count). The highest BCUT2D eigenvalue weighted by Gasteiger charge is 2.33. The van der Waals surface area contributed by atoms with Gasteiger partial charge in [0.15, 0.2) is 0 Å². The number of hydrogen-bond donors (Lipinski definition) is 0. The van der Waals surface area contributed by atoms with Crippen LogP contribution in [0.3, 0.4) is 0 Å². The Hall–Kier alpha value is -0.800. The summed E-state index contributed by atoms with van der Waals surface area (Å²) in [5.74, 6) is 0.326. The van der Waals surface area contributed by atoms with Crippen LogP contribution in [0.5, 0.6) is 0 Å². The molecule has 0 radical (unpaired) electrons. The van der Waals surface area contributed by atoms with Gasteiger partial charge in [-0.05, 0) is 33.1 Å². The molecule has 0 bridgehead atoms. The summed E-state index contributed by atoms with van der Waals surface area (Å²) in [5.41, 5.74) is -0.442. The smallest absolute Gasteiger partial charge is 0.410 e. The molecule has 1 aliphatic rings. The molecule has 14 heavy (non-hydrogen) atoms. The molecule has 0 saturated carbocycles. The first-order chi connectivity index (χ1) is 6.42. The summed E-state index contributed by atoms with van der Waals surface area (Å²) in [7, 11) is 0. The predicted molar refractivity (Wildman–Crippen MR) is 51.9 cm³/mol. The van der Waals surface area contributed by atoms with E-state index in [2.05, 4.69) is 0 Å². The van der Waals surface area contributed by atoms with E-state index in [-0.39, 0.29) is 12.8 Å². The highest BCUT2D eigenvalue weighted by atomic mass is 19.1. The molecular formula is C10H18FNO2. The first-order valence-electron chi connectivity index (χ1n) is 4.96. The van der Waals surface area contributed by atoms with Crippen molar-refractivity contribution in [3.8, 4) is 0 Å². The van der Waals surface area contributed by atoms with Gasteiger partial charge >= 0.3 is 6.09 Å². The summed E-state index contributed by atoms with van der Waals surface area (Å²) < 4.78 is 17.1. The molecule has 0 spiro atoms. The third kappa shape index (κ3) is 3.16. The third-order valence-electron chi connectivity index (χ3n) is 2.13. The van der Waals surface area contributed by atoms with Crippen LogP contribution >= 0.6 is 0 Å². The maximum absolute atomic E-state index is 11.9. The Morgan fingerprint density at radius 3 is 2.50 bits per heavy atom. The Morgan fingerprint density at radius 1 is 1.50 bits per heavy atom. The van der Waals surface area contributed by atoms with Crippen molar-refractivity contribution in [3.63, 3.8) is 0 Å². The molecule has 0 unspecified atom stereocenters. The number of ether oxygens (including phenoxy) is 1. The van der Waals surface area contributed by atoms with Crippen LogP contribution in [-0.4, -0.2) is 36.4 Å². The molecule has 82 valence electrons. The van der Waals surface area contributed by atoms with Gasteiger partial charge in [-0.2, -0.15) is 0 Å². The Kier molecular flexibility index (Phi) is 3.34. The first kappa shape index (κ1) is 11.3. The first-order valence-corrected chi connectivity index (χ1v) is 4.96. The number of amides is 1. The van der Waals surface area contributed by atoms with E-state index in [9.17, 15) is 9.18 Å². The summed E-state index contributed by atoms with van der Waals surface area (Å²) in [6.07, 6.45) is 0.270. The standard InChI is InChI=1S/C10H18FNO2/c1-10(2,3)14-9(13)12-6-8(7-12)4-5-11/h8H,4-7H2,1-3H3. The minimum Gasteiger partial charge on any atom is -0.444 e. The molecule has 1 amide bonds. The fraction of sp³-hybridized carbons (Fsp3) is 0.900. The lowest BCUT2D eigenvalue weighted by Crippen LogP contribution is -2.51. The van der Waals surface area contributed by atoms with Crippen molar-refractivity contribution in [1.82, 2.24) is 4.90 Å². The van der Waals surface area contributed by atoms with Crippen molar-refractivity contribution in [2.24, 2.45) is 5.92 Å². The number of alkyl halides is 1. The minimum atomic E-state index is -0.442. The second-order valence-corrected chi connectivity index (χ2v) is 4.73. The van der Waals surface area contributed by atoms with Gasteiger partial charge in [-0.15, -0.1) is 0 Å². The van der Waals surface area contributed by atoms with Crippen molar-refractivity contribution in [2.45, 2.75) is 32.8 Å². The zero-order valence-corrected chi connectivity index (χ0v) is 9.05. The van der Waals surface area contributed by atoms with Crippen LogP contribution in [0, 0.1) is 5.92 Å². The minimum absolute atomic E-state index is 0.285. The number of nitrogens with zero attached hydrogens (tertiary/aromatic N) is 1. The van der Waals surface area contributed by atoms with Gasteiger partial charge in [0, 0.05) is 13.1 Å². The monoisotopic (exact) mass is 203 g/mol. The highest BCUT2D eigenvalue weighted by Crippen LogP contribution is 2.21.